The summed E-state index contributed by atoms with van der Waals surface area (Å²) in [6.45, 7) is 3.18. The van der Waals surface area contributed by atoms with Crippen molar-refractivity contribution in [2.75, 3.05) is 5.32 Å². The lowest BCUT2D eigenvalue weighted by Crippen LogP contribution is -2.47. The van der Waals surface area contributed by atoms with Crippen molar-refractivity contribution in [3.05, 3.63) is 39.3 Å². The van der Waals surface area contributed by atoms with Crippen LogP contribution in [0.5, 0.6) is 0 Å². The monoisotopic (exact) mass is 450 g/mol. The van der Waals surface area contributed by atoms with E-state index in [0.717, 1.165) is 48.7 Å². The molecule has 1 saturated carbocycles. The Morgan fingerprint density at radius 3 is 2.70 bits per heavy atom. The van der Waals surface area contributed by atoms with E-state index in [1.165, 1.54) is 41.5 Å². The van der Waals surface area contributed by atoms with Crippen molar-refractivity contribution >= 4 is 33.4 Å². The highest BCUT2D eigenvalue weighted by atomic mass is 32.3. The summed E-state index contributed by atoms with van der Waals surface area (Å²) in [5.41, 5.74) is 3.28. The van der Waals surface area contributed by atoms with Gasteiger partial charge in [-0.25, -0.2) is 18.9 Å². The number of hydrogen-bond donors (Lipinski definition) is 4. The van der Waals surface area contributed by atoms with Crippen LogP contribution < -0.4 is 10.5 Å². The Morgan fingerprint density at radius 1 is 1.37 bits per heavy atom. The average molecular weight is 451 g/mol. The van der Waals surface area contributed by atoms with E-state index in [1.54, 1.807) is 13.8 Å². The van der Waals surface area contributed by atoms with Crippen LogP contribution >= 0.6 is 11.8 Å². The van der Waals surface area contributed by atoms with Crippen molar-refractivity contribution in [1.82, 2.24) is 4.90 Å². The van der Waals surface area contributed by atoms with Crippen LogP contribution in [-0.2, 0) is 29.2 Å². The SMILES string of the molecule is CC(C)(O)C1SC(S(=N)(N)=O)=CN1C(=O)Nc1c(CC2CCC2)ccc2c1CCC2. The van der Waals surface area contributed by atoms with Crippen LogP contribution in [-0.4, -0.2) is 31.2 Å². The van der Waals surface area contributed by atoms with Gasteiger partial charge in [-0.1, -0.05) is 43.2 Å². The molecule has 1 heterocycles. The summed E-state index contributed by atoms with van der Waals surface area (Å²) in [6.07, 6.45) is 9.08. The Balaban J connectivity index is 1.65. The number of nitrogens with two attached hydrogens (primary N) is 1. The van der Waals surface area contributed by atoms with Crippen molar-refractivity contribution in [3.8, 4) is 0 Å². The molecule has 2 amide bonds. The molecule has 5 N–H and O–H groups in total. The van der Waals surface area contributed by atoms with Gasteiger partial charge in [0.1, 0.15) is 19.5 Å². The minimum Gasteiger partial charge on any atom is -0.387 e. The number of fused-ring (bicyclic) bond motifs is 1. The molecular formula is C21H30N4O3S2. The van der Waals surface area contributed by atoms with Gasteiger partial charge in [-0.2, -0.15) is 0 Å². The normalized spacial score (nSPS) is 23.5. The van der Waals surface area contributed by atoms with Gasteiger partial charge in [0.2, 0.25) is 0 Å². The number of benzene rings is 1. The number of amides is 2. The molecule has 1 aliphatic heterocycles. The highest BCUT2D eigenvalue weighted by Crippen LogP contribution is 2.42. The fourth-order valence-electron chi connectivity index (χ4n) is 4.40. The molecule has 0 aromatic heterocycles. The smallest absolute Gasteiger partial charge is 0.327 e. The molecule has 7 nitrogen and oxygen atoms in total. The number of urea groups is 1. The molecule has 2 aliphatic carbocycles. The minimum absolute atomic E-state index is 0.0951. The number of thioether (sulfide) groups is 1. The van der Waals surface area contributed by atoms with Gasteiger partial charge in [0, 0.05) is 11.9 Å². The van der Waals surface area contributed by atoms with Gasteiger partial charge >= 0.3 is 6.03 Å². The van der Waals surface area contributed by atoms with E-state index in [1.807, 2.05) is 0 Å². The van der Waals surface area contributed by atoms with Crippen LogP contribution in [0, 0.1) is 10.7 Å². The predicted molar refractivity (Wildman–Crippen MR) is 121 cm³/mol. The second kappa shape index (κ2) is 7.85. The largest absolute Gasteiger partial charge is 0.387 e. The van der Waals surface area contributed by atoms with Gasteiger partial charge < -0.3 is 10.4 Å². The molecule has 0 spiro atoms. The molecule has 3 aliphatic rings. The summed E-state index contributed by atoms with van der Waals surface area (Å²) in [7, 11) is -3.47. The third-order valence-corrected chi connectivity index (χ3v) is 9.30. The maximum atomic E-state index is 13.3. The van der Waals surface area contributed by atoms with E-state index >= 15 is 0 Å². The lowest BCUT2D eigenvalue weighted by molar-refractivity contribution is 0.0470. The van der Waals surface area contributed by atoms with E-state index in [9.17, 15) is 14.1 Å². The number of rotatable bonds is 5. The van der Waals surface area contributed by atoms with Gasteiger partial charge in [-0.05, 0) is 62.1 Å². The molecule has 1 fully saturated rings. The van der Waals surface area contributed by atoms with Crippen LogP contribution in [0.2, 0.25) is 0 Å². The molecule has 1 aromatic carbocycles. The molecule has 0 radical (unpaired) electrons. The first kappa shape index (κ1) is 21.7. The second-order valence-corrected chi connectivity index (χ2v) is 12.1. The van der Waals surface area contributed by atoms with Crippen molar-refractivity contribution in [1.29, 1.82) is 4.78 Å². The number of hydrogen-bond acceptors (Lipinski definition) is 5. The van der Waals surface area contributed by atoms with Gasteiger partial charge in [0.15, 0.2) is 0 Å². The molecule has 30 heavy (non-hydrogen) atoms. The van der Waals surface area contributed by atoms with Gasteiger partial charge in [-0.3, -0.25) is 4.90 Å². The Morgan fingerprint density at radius 2 is 2.10 bits per heavy atom. The lowest BCUT2D eigenvalue weighted by Gasteiger charge is -2.33. The predicted octanol–water partition coefficient (Wildman–Crippen LogP) is 3.91. The van der Waals surface area contributed by atoms with Crippen LogP contribution in [0.15, 0.2) is 22.6 Å². The fourth-order valence-corrected chi connectivity index (χ4v) is 6.47. The van der Waals surface area contributed by atoms with Crippen molar-refractivity contribution in [3.63, 3.8) is 0 Å². The first-order valence-electron chi connectivity index (χ1n) is 10.4. The Bertz CT molecular complexity index is 994. The first-order valence-corrected chi connectivity index (χ1v) is 12.9. The van der Waals surface area contributed by atoms with E-state index in [4.69, 9.17) is 9.92 Å². The summed E-state index contributed by atoms with van der Waals surface area (Å²) in [4.78, 5) is 14.7. The minimum atomic E-state index is -3.47. The molecule has 0 bridgehead atoms. The van der Waals surface area contributed by atoms with E-state index in [2.05, 4.69) is 17.4 Å². The third-order valence-electron chi connectivity index (χ3n) is 6.20. The van der Waals surface area contributed by atoms with Gasteiger partial charge in [0.05, 0.1) is 5.60 Å². The van der Waals surface area contributed by atoms with Gasteiger partial charge in [0.25, 0.3) is 0 Å². The van der Waals surface area contributed by atoms with Crippen molar-refractivity contribution in [2.24, 2.45) is 11.1 Å². The van der Waals surface area contributed by atoms with Crippen LogP contribution in [0.1, 0.15) is 56.2 Å². The number of carbonyl (C=O) groups is 1. The summed E-state index contributed by atoms with van der Waals surface area (Å²) >= 11 is 1.01. The molecule has 2 atom stereocenters. The number of nitrogens with one attached hydrogen (secondary N) is 2. The van der Waals surface area contributed by atoms with Gasteiger partial charge in [-0.15, -0.1) is 0 Å². The molecule has 4 rings (SSSR count). The van der Waals surface area contributed by atoms with Crippen LogP contribution in [0.4, 0.5) is 10.5 Å². The number of nitrogens with zero attached hydrogens (tertiary/aromatic N) is 1. The molecule has 0 saturated heterocycles. The third kappa shape index (κ3) is 4.26. The average Bonchev–Trinajstić information content (AvgIpc) is 3.25. The topological polar surface area (TPSA) is 120 Å². The maximum Gasteiger partial charge on any atom is 0.327 e. The zero-order valence-electron chi connectivity index (χ0n) is 17.4. The Labute approximate surface area is 182 Å². The zero-order chi connectivity index (χ0) is 21.7. The maximum absolute atomic E-state index is 13.3. The zero-order valence-corrected chi connectivity index (χ0v) is 19.1. The van der Waals surface area contributed by atoms with Crippen LogP contribution in [0.3, 0.4) is 0 Å². The Hall–Kier alpha value is -1.55. The first-order chi connectivity index (χ1) is 14.0. The second-order valence-electron chi connectivity index (χ2n) is 9.10. The highest BCUT2D eigenvalue weighted by Gasteiger charge is 2.42. The number of anilines is 1. The lowest BCUT2D eigenvalue weighted by atomic mass is 9.80. The Kier molecular flexibility index (Phi) is 5.67. The van der Waals surface area contributed by atoms with E-state index < -0.39 is 26.9 Å². The quantitative estimate of drug-likeness (QED) is 0.543. The molecule has 2 unspecified atom stereocenters. The summed E-state index contributed by atoms with van der Waals surface area (Å²) in [5.74, 6) is 0.670. The molecule has 9 heteroatoms. The number of aryl methyl sites for hydroxylation is 1. The summed E-state index contributed by atoms with van der Waals surface area (Å²) < 4.78 is 19.9. The van der Waals surface area contributed by atoms with E-state index in [0.29, 0.717) is 5.92 Å². The van der Waals surface area contributed by atoms with Crippen molar-refractivity contribution in [2.45, 2.75) is 69.8 Å². The molecular weight excluding hydrogens is 420 g/mol. The van der Waals surface area contributed by atoms with Crippen molar-refractivity contribution < 1.29 is 14.1 Å². The summed E-state index contributed by atoms with van der Waals surface area (Å²) in [5, 5.41) is 18.5. The number of aliphatic hydroxyl groups is 1. The fraction of sp³-hybridized carbons (Fsp3) is 0.571. The van der Waals surface area contributed by atoms with E-state index in [-0.39, 0.29) is 4.24 Å². The number of carbonyl (C=O) groups excluding carboxylic acids is 1. The highest BCUT2D eigenvalue weighted by molar-refractivity contribution is 8.18. The molecule has 1 aromatic rings. The van der Waals surface area contributed by atoms with Crippen LogP contribution in [0.25, 0.3) is 0 Å². The standard InChI is InChI=1S/C21H30N4O3S2/c1-21(2,27)19-25(12-17(29-19)30(22,23)28)20(26)24-18-15(11-13-5-3-6-13)10-9-14-7-4-8-16(14)18/h9-10,12-13,19,27H,3-8,11H2,1-2H3,(H,24,26)(H3,22,23,28). The summed E-state index contributed by atoms with van der Waals surface area (Å²) in [6, 6.07) is 3.93. The molecule has 164 valence electrons.